The molecule has 1 saturated heterocycles. The summed E-state index contributed by atoms with van der Waals surface area (Å²) in [7, 11) is 1.66. The van der Waals surface area contributed by atoms with Crippen LogP contribution in [0.25, 0.3) is 0 Å². The number of amides is 1. The molecule has 2 rings (SSSR count). The van der Waals surface area contributed by atoms with Gasteiger partial charge in [0.15, 0.2) is 5.96 Å². The molecule has 8 nitrogen and oxygen atoms in total. The summed E-state index contributed by atoms with van der Waals surface area (Å²) < 4.78 is 16.0. The number of rotatable bonds is 7. The summed E-state index contributed by atoms with van der Waals surface area (Å²) in [6.45, 7) is 8.78. The number of likely N-dealkylation sites (tertiary alicyclic amines) is 1. The maximum absolute atomic E-state index is 12.4. The number of piperidine rings is 1. The summed E-state index contributed by atoms with van der Waals surface area (Å²) in [5.74, 6) is 1.65. The Bertz CT molecular complexity index is 616. The Labute approximate surface area is 190 Å². The van der Waals surface area contributed by atoms with Gasteiger partial charge in [-0.2, -0.15) is 0 Å². The monoisotopic (exact) mass is 522 g/mol. The van der Waals surface area contributed by atoms with Crippen LogP contribution in [0, 0.1) is 0 Å². The number of guanidine groups is 1. The minimum Gasteiger partial charge on any atom is -0.469 e. The Morgan fingerprint density at radius 2 is 2.21 bits per heavy atom. The van der Waals surface area contributed by atoms with Crippen LogP contribution in [0.15, 0.2) is 27.8 Å². The lowest BCUT2D eigenvalue weighted by Gasteiger charge is -2.35. The summed E-state index contributed by atoms with van der Waals surface area (Å²) in [6, 6.07) is 3.96. The van der Waals surface area contributed by atoms with E-state index in [0.29, 0.717) is 26.2 Å². The van der Waals surface area contributed by atoms with Gasteiger partial charge in [-0.3, -0.25) is 4.99 Å². The molecule has 0 spiro atoms. The van der Waals surface area contributed by atoms with E-state index in [1.807, 2.05) is 32.9 Å². The van der Waals surface area contributed by atoms with Gasteiger partial charge in [-0.25, -0.2) is 4.79 Å². The Balaban J connectivity index is 0.00000420. The fraction of sp³-hybridized carbons (Fsp3) is 0.700. The summed E-state index contributed by atoms with van der Waals surface area (Å²) >= 11 is 0. The number of furan rings is 1. The van der Waals surface area contributed by atoms with Crippen molar-refractivity contribution in [2.24, 2.45) is 4.99 Å². The lowest BCUT2D eigenvalue weighted by molar-refractivity contribution is 0.0193. The van der Waals surface area contributed by atoms with Crippen LogP contribution in [0.1, 0.15) is 39.4 Å². The quantitative estimate of drug-likeness (QED) is 0.248. The molecule has 0 bridgehead atoms. The summed E-state index contributed by atoms with van der Waals surface area (Å²) in [4.78, 5) is 18.7. The molecular weight excluding hydrogens is 487 g/mol. The molecule has 1 aromatic rings. The highest BCUT2D eigenvalue weighted by Gasteiger charge is 2.28. The number of aliphatic imine (C=N–C) groups is 1. The average Bonchev–Trinajstić information content (AvgIpc) is 3.14. The number of nitrogens with one attached hydrogen (secondary N) is 2. The van der Waals surface area contributed by atoms with Crippen LogP contribution in [0.4, 0.5) is 4.79 Å². The maximum atomic E-state index is 12.4. The molecule has 0 aromatic carbocycles. The molecule has 1 atom stereocenters. The smallest absolute Gasteiger partial charge is 0.410 e. The standard InChI is InChI=1S/C20H34N4O4.HI/c1-20(2,3)28-19(25)24-12-5-7-16(15-24)23-18(22-11-14-26-4)21-10-9-17-8-6-13-27-17;/h6,8,13,16H,5,7,9-12,14-15H2,1-4H3,(H2,21,22,23);1H. The van der Waals surface area contributed by atoms with Crippen LogP contribution in [0.5, 0.6) is 0 Å². The molecule has 166 valence electrons. The molecule has 1 amide bonds. The molecule has 0 radical (unpaired) electrons. The molecule has 1 unspecified atom stereocenters. The van der Waals surface area contributed by atoms with Crippen LogP contribution >= 0.6 is 24.0 Å². The first kappa shape index (κ1) is 25.5. The zero-order valence-corrected chi connectivity index (χ0v) is 20.2. The first-order valence-corrected chi connectivity index (χ1v) is 9.91. The van der Waals surface area contributed by atoms with Crippen molar-refractivity contribution in [2.75, 3.05) is 39.9 Å². The number of carbonyl (C=O) groups excluding carboxylic acids is 1. The Morgan fingerprint density at radius 3 is 2.86 bits per heavy atom. The van der Waals surface area contributed by atoms with E-state index in [1.54, 1.807) is 18.3 Å². The van der Waals surface area contributed by atoms with Gasteiger partial charge in [0, 0.05) is 39.2 Å². The number of halogens is 1. The van der Waals surface area contributed by atoms with Crippen LogP contribution in [0.3, 0.4) is 0 Å². The first-order valence-electron chi connectivity index (χ1n) is 9.91. The average molecular weight is 522 g/mol. The zero-order valence-electron chi connectivity index (χ0n) is 17.9. The van der Waals surface area contributed by atoms with E-state index in [1.165, 1.54) is 0 Å². The maximum Gasteiger partial charge on any atom is 0.410 e. The highest BCUT2D eigenvalue weighted by molar-refractivity contribution is 14.0. The van der Waals surface area contributed by atoms with Crippen LogP contribution < -0.4 is 10.6 Å². The van der Waals surface area contributed by atoms with Gasteiger partial charge in [-0.1, -0.05) is 0 Å². The van der Waals surface area contributed by atoms with E-state index < -0.39 is 5.60 Å². The Morgan fingerprint density at radius 1 is 1.41 bits per heavy atom. The van der Waals surface area contributed by atoms with Crippen molar-refractivity contribution < 1.29 is 18.7 Å². The fourth-order valence-electron chi connectivity index (χ4n) is 2.94. The van der Waals surface area contributed by atoms with Gasteiger partial charge in [0.1, 0.15) is 11.4 Å². The number of hydrogen-bond donors (Lipinski definition) is 2. The lowest BCUT2D eigenvalue weighted by Crippen LogP contribution is -2.53. The zero-order chi connectivity index (χ0) is 20.4. The largest absolute Gasteiger partial charge is 0.469 e. The highest BCUT2D eigenvalue weighted by Crippen LogP contribution is 2.15. The predicted octanol–water partition coefficient (Wildman–Crippen LogP) is 3.02. The van der Waals surface area contributed by atoms with Gasteiger partial charge in [0.25, 0.3) is 0 Å². The molecule has 29 heavy (non-hydrogen) atoms. The predicted molar refractivity (Wildman–Crippen MR) is 124 cm³/mol. The van der Waals surface area contributed by atoms with Crippen molar-refractivity contribution in [1.82, 2.24) is 15.5 Å². The molecule has 2 heterocycles. The molecule has 1 aromatic heterocycles. The van der Waals surface area contributed by atoms with Crippen LogP contribution in [-0.2, 0) is 15.9 Å². The van der Waals surface area contributed by atoms with Gasteiger partial charge >= 0.3 is 6.09 Å². The van der Waals surface area contributed by atoms with E-state index in [-0.39, 0.29) is 36.1 Å². The lowest BCUT2D eigenvalue weighted by atomic mass is 10.1. The minimum atomic E-state index is -0.488. The van der Waals surface area contributed by atoms with Crippen molar-refractivity contribution in [3.8, 4) is 0 Å². The van der Waals surface area contributed by atoms with E-state index >= 15 is 0 Å². The number of carbonyl (C=O) groups is 1. The number of methoxy groups -OCH3 is 1. The molecule has 0 aliphatic carbocycles. The second kappa shape index (κ2) is 12.9. The molecule has 0 saturated carbocycles. The summed E-state index contributed by atoms with van der Waals surface area (Å²) in [5.41, 5.74) is -0.488. The third kappa shape index (κ3) is 10.2. The van der Waals surface area contributed by atoms with Gasteiger partial charge in [-0.05, 0) is 45.7 Å². The molecule has 1 aliphatic heterocycles. The summed E-state index contributed by atoms with van der Waals surface area (Å²) in [6.07, 6.45) is 4.08. The van der Waals surface area contributed by atoms with Crippen molar-refractivity contribution in [3.63, 3.8) is 0 Å². The van der Waals surface area contributed by atoms with Crippen molar-refractivity contribution in [2.45, 2.75) is 51.7 Å². The number of ether oxygens (including phenoxy) is 2. The molecular formula is C20H35IN4O4. The van der Waals surface area contributed by atoms with Gasteiger partial charge in [-0.15, -0.1) is 24.0 Å². The molecule has 1 fully saturated rings. The van der Waals surface area contributed by atoms with E-state index in [4.69, 9.17) is 13.9 Å². The van der Waals surface area contributed by atoms with Gasteiger partial charge in [0.2, 0.25) is 0 Å². The van der Waals surface area contributed by atoms with Crippen molar-refractivity contribution in [3.05, 3.63) is 24.2 Å². The highest BCUT2D eigenvalue weighted by atomic mass is 127. The van der Waals surface area contributed by atoms with Crippen molar-refractivity contribution in [1.29, 1.82) is 0 Å². The molecule has 1 aliphatic rings. The normalized spacial score (nSPS) is 17.4. The number of hydrogen-bond acceptors (Lipinski definition) is 5. The SMILES string of the molecule is COCCN=C(NCCc1ccco1)NC1CCCN(C(=O)OC(C)(C)C)C1.I. The Kier molecular flexibility index (Phi) is 11.4. The second-order valence-electron chi connectivity index (χ2n) is 7.89. The van der Waals surface area contributed by atoms with Crippen LogP contribution in [-0.4, -0.2) is 68.5 Å². The van der Waals surface area contributed by atoms with Gasteiger partial charge in [0.05, 0.1) is 19.4 Å². The first-order chi connectivity index (χ1) is 13.4. The van der Waals surface area contributed by atoms with E-state index in [0.717, 1.165) is 37.5 Å². The second-order valence-corrected chi connectivity index (χ2v) is 7.89. The van der Waals surface area contributed by atoms with E-state index in [2.05, 4.69) is 15.6 Å². The van der Waals surface area contributed by atoms with Crippen LogP contribution in [0.2, 0.25) is 0 Å². The third-order valence-corrected chi connectivity index (χ3v) is 4.22. The Hall–Kier alpha value is -1.49. The van der Waals surface area contributed by atoms with Gasteiger partial charge < -0.3 is 29.4 Å². The number of nitrogens with zero attached hydrogens (tertiary/aromatic N) is 2. The molecule has 2 N–H and O–H groups in total. The molecule has 9 heteroatoms. The van der Waals surface area contributed by atoms with Crippen molar-refractivity contribution >= 4 is 36.0 Å². The third-order valence-electron chi connectivity index (χ3n) is 4.22. The topological polar surface area (TPSA) is 88.3 Å². The summed E-state index contributed by atoms with van der Waals surface area (Å²) in [5, 5.41) is 6.78. The minimum absolute atomic E-state index is 0. The fourth-order valence-corrected chi connectivity index (χ4v) is 2.94. The van der Waals surface area contributed by atoms with E-state index in [9.17, 15) is 4.79 Å².